The van der Waals surface area contributed by atoms with Crippen molar-refractivity contribution in [1.29, 1.82) is 0 Å². The molecule has 60 valence electrons. The first kappa shape index (κ1) is 7.95. The third-order valence-corrected chi connectivity index (χ3v) is 2.08. The van der Waals surface area contributed by atoms with Crippen molar-refractivity contribution in [3.05, 3.63) is 0 Å². The minimum Gasteiger partial charge on any atom is -0.383 e. The first-order chi connectivity index (χ1) is 4.75. The number of rotatable bonds is 2. The molecular weight excluding hydrogens is 133 g/mol. The van der Waals surface area contributed by atoms with Gasteiger partial charge in [-0.2, -0.15) is 0 Å². The summed E-state index contributed by atoms with van der Waals surface area (Å²) >= 11 is 0. The van der Waals surface area contributed by atoms with Gasteiger partial charge in [0, 0.05) is 13.7 Å². The highest BCUT2D eigenvalue weighted by atomic mass is 19.1. The first-order valence-electron chi connectivity index (χ1n) is 3.59. The Balaban J connectivity index is 2.38. The standard InChI is InChI=1S/C7H14FNO/c1-9-4-3-6(8)7(9)5-10-2/h6-7H,3-5H2,1-2H3/t6-,7+/m0/s1. The zero-order valence-corrected chi connectivity index (χ0v) is 6.51. The summed E-state index contributed by atoms with van der Waals surface area (Å²) < 4.78 is 17.8. The van der Waals surface area contributed by atoms with Gasteiger partial charge in [-0.25, -0.2) is 4.39 Å². The molecule has 0 aliphatic carbocycles. The molecule has 3 heteroatoms. The SMILES string of the molecule is COC[C@@H]1[C@@H](F)CCN1C. The van der Waals surface area contributed by atoms with E-state index in [9.17, 15) is 4.39 Å². The second kappa shape index (κ2) is 3.30. The molecule has 0 amide bonds. The van der Waals surface area contributed by atoms with Crippen molar-refractivity contribution in [2.45, 2.75) is 18.6 Å². The number of alkyl halides is 1. The normalized spacial score (nSPS) is 35.1. The van der Waals surface area contributed by atoms with Crippen LogP contribution in [0.5, 0.6) is 0 Å². The van der Waals surface area contributed by atoms with Gasteiger partial charge in [-0.1, -0.05) is 0 Å². The van der Waals surface area contributed by atoms with Crippen LogP contribution in [0.2, 0.25) is 0 Å². The molecule has 0 aromatic rings. The van der Waals surface area contributed by atoms with Gasteiger partial charge in [-0.3, -0.25) is 4.90 Å². The third-order valence-electron chi connectivity index (χ3n) is 2.08. The molecule has 1 aliphatic heterocycles. The Hall–Kier alpha value is -0.150. The molecule has 0 aromatic heterocycles. The van der Waals surface area contributed by atoms with Crippen LogP contribution < -0.4 is 0 Å². The fraction of sp³-hybridized carbons (Fsp3) is 1.00. The van der Waals surface area contributed by atoms with Gasteiger partial charge in [-0.05, 0) is 13.5 Å². The van der Waals surface area contributed by atoms with Gasteiger partial charge in [0.05, 0.1) is 12.6 Å². The van der Waals surface area contributed by atoms with Crippen LogP contribution in [-0.2, 0) is 4.74 Å². The third kappa shape index (κ3) is 1.47. The number of likely N-dealkylation sites (N-methyl/N-ethyl adjacent to an activating group) is 1. The van der Waals surface area contributed by atoms with Crippen LogP contribution in [-0.4, -0.2) is 44.4 Å². The van der Waals surface area contributed by atoms with E-state index in [2.05, 4.69) is 0 Å². The van der Waals surface area contributed by atoms with Gasteiger partial charge < -0.3 is 4.74 Å². The van der Waals surface area contributed by atoms with Crippen molar-refractivity contribution in [3.8, 4) is 0 Å². The minimum absolute atomic E-state index is 0.00926. The summed E-state index contributed by atoms with van der Waals surface area (Å²) in [5.41, 5.74) is 0. The van der Waals surface area contributed by atoms with Crippen molar-refractivity contribution in [1.82, 2.24) is 4.90 Å². The summed E-state index contributed by atoms with van der Waals surface area (Å²) in [6, 6.07) is -0.00926. The van der Waals surface area contributed by atoms with E-state index in [0.717, 1.165) is 6.54 Å². The highest BCUT2D eigenvalue weighted by Crippen LogP contribution is 2.18. The van der Waals surface area contributed by atoms with E-state index in [-0.39, 0.29) is 6.04 Å². The Morgan fingerprint density at radius 3 is 2.80 bits per heavy atom. The van der Waals surface area contributed by atoms with Crippen molar-refractivity contribution in [2.75, 3.05) is 27.3 Å². The van der Waals surface area contributed by atoms with Crippen LogP contribution in [0.25, 0.3) is 0 Å². The predicted octanol–water partition coefficient (Wildman–Crippen LogP) is 0.675. The van der Waals surface area contributed by atoms with Crippen molar-refractivity contribution in [2.24, 2.45) is 0 Å². The summed E-state index contributed by atoms with van der Waals surface area (Å²) in [5, 5.41) is 0. The molecular formula is C7H14FNO. The molecule has 0 radical (unpaired) electrons. The Bertz CT molecular complexity index is 99.8. The van der Waals surface area contributed by atoms with Crippen LogP contribution in [0.1, 0.15) is 6.42 Å². The molecule has 2 nitrogen and oxygen atoms in total. The highest BCUT2D eigenvalue weighted by Gasteiger charge is 2.31. The number of halogens is 1. The van der Waals surface area contributed by atoms with Gasteiger partial charge in [0.15, 0.2) is 0 Å². The van der Waals surface area contributed by atoms with E-state index in [0.29, 0.717) is 13.0 Å². The predicted molar refractivity (Wildman–Crippen MR) is 37.8 cm³/mol. The van der Waals surface area contributed by atoms with Gasteiger partial charge >= 0.3 is 0 Å². The second-order valence-corrected chi connectivity index (χ2v) is 2.81. The lowest BCUT2D eigenvalue weighted by Crippen LogP contribution is -2.34. The quantitative estimate of drug-likeness (QED) is 0.569. The zero-order chi connectivity index (χ0) is 7.56. The number of methoxy groups -OCH3 is 1. The lowest BCUT2D eigenvalue weighted by molar-refractivity contribution is 0.0972. The fourth-order valence-electron chi connectivity index (χ4n) is 1.36. The number of hydrogen-bond acceptors (Lipinski definition) is 2. The summed E-state index contributed by atoms with van der Waals surface area (Å²) in [6.45, 7) is 1.37. The number of likely N-dealkylation sites (tertiary alicyclic amines) is 1. The smallest absolute Gasteiger partial charge is 0.119 e. The van der Waals surface area contributed by atoms with Gasteiger partial charge in [0.25, 0.3) is 0 Å². The van der Waals surface area contributed by atoms with E-state index in [1.165, 1.54) is 0 Å². The molecule has 2 atom stereocenters. The van der Waals surface area contributed by atoms with E-state index in [4.69, 9.17) is 4.74 Å². The van der Waals surface area contributed by atoms with Crippen LogP contribution in [0.4, 0.5) is 4.39 Å². The summed E-state index contributed by atoms with van der Waals surface area (Å²) in [4.78, 5) is 2.01. The summed E-state index contributed by atoms with van der Waals surface area (Å²) in [6.07, 6.45) is -0.0326. The average molecular weight is 147 g/mol. The van der Waals surface area contributed by atoms with E-state index in [1.54, 1.807) is 7.11 Å². The number of nitrogens with zero attached hydrogens (tertiary/aromatic N) is 1. The average Bonchev–Trinajstić information content (AvgIpc) is 2.20. The molecule has 0 spiro atoms. The zero-order valence-electron chi connectivity index (χ0n) is 6.51. The topological polar surface area (TPSA) is 12.5 Å². The molecule has 0 bridgehead atoms. The maximum atomic E-state index is 12.9. The molecule has 0 saturated carbocycles. The van der Waals surface area contributed by atoms with Gasteiger partial charge in [-0.15, -0.1) is 0 Å². The molecule has 10 heavy (non-hydrogen) atoms. The van der Waals surface area contributed by atoms with Crippen LogP contribution in [0.15, 0.2) is 0 Å². The molecule has 1 fully saturated rings. The molecule has 1 saturated heterocycles. The van der Waals surface area contributed by atoms with Crippen LogP contribution in [0, 0.1) is 0 Å². The van der Waals surface area contributed by atoms with Crippen LogP contribution in [0.3, 0.4) is 0 Å². The monoisotopic (exact) mass is 147 g/mol. The minimum atomic E-state index is -0.690. The molecule has 1 rings (SSSR count). The molecule has 1 heterocycles. The first-order valence-corrected chi connectivity index (χ1v) is 3.59. The fourth-order valence-corrected chi connectivity index (χ4v) is 1.36. The Labute approximate surface area is 61.0 Å². The highest BCUT2D eigenvalue weighted by molar-refractivity contribution is 4.84. The summed E-state index contributed by atoms with van der Waals surface area (Å²) in [5.74, 6) is 0. The van der Waals surface area contributed by atoms with Crippen molar-refractivity contribution < 1.29 is 9.13 Å². The van der Waals surface area contributed by atoms with Gasteiger partial charge in [0.1, 0.15) is 6.17 Å². The van der Waals surface area contributed by atoms with Gasteiger partial charge in [0.2, 0.25) is 0 Å². The largest absolute Gasteiger partial charge is 0.383 e. The lowest BCUT2D eigenvalue weighted by atomic mass is 10.2. The molecule has 0 unspecified atom stereocenters. The van der Waals surface area contributed by atoms with E-state index < -0.39 is 6.17 Å². The number of ether oxygens (including phenoxy) is 1. The molecule has 0 N–H and O–H groups in total. The molecule has 0 aromatic carbocycles. The molecule has 1 aliphatic rings. The van der Waals surface area contributed by atoms with E-state index >= 15 is 0 Å². The van der Waals surface area contributed by atoms with Crippen molar-refractivity contribution in [3.63, 3.8) is 0 Å². The second-order valence-electron chi connectivity index (χ2n) is 2.81. The maximum absolute atomic E-state index is 12.9. The Kier molecular flexibility index (Phi) is 2.63. The summed E-state index contributed by atoms with van der Waals surface area (Å²) in [7, 11) is 3.54. The van der Waals surface area contributed by atoms with E-state index in [1.807, 2.05) is 11.9 Å². The number of hydrogen-bond donors (Lipinski definition) is 0. The Morgan fingerprint density at radius 2 is 2.40 bits per heavy atom. The lowest BCUT2D eigenvalue weighted by Gasteiger charge is -2.19. The Morgan fingerprint density at radius 1 is 1.70 bits per heavy atom. The van der Waals surface area contributed by atoms with Crippen LogP contribution >= 0.6 is 0 Å². The van der Waals surface area contributed by atoms with Crippen molar-refractivity contribution >= 4 is 0 Å². The maximum Gasteiger partial charge on any atom is 0.119 e.